The number of Topliss-reactive ketones (excluding diaryl/α,β-unsaturated/α-hetero) is 1. The monoisotopic (exact) mass is 419 g/mol. The predicted octanol–water partition coefficient (Wildman–Crippen LogP) is 3.00. The number of carbonyl (C=O) groups is 2. The fourth-order valence-electron chi connectivity index (χ4n) is 4.07. The summed E-state index contributed by atoms with van der Waals surface area (Å²) in [5, 5.41) is 11.1. The Hall–Kier alpha value is -3.68. The van der Waals surface area contributed by atoms with Gasteiger partial charge < -0.3 is 19.2 Å². The molecular formula is C23H21N3O5. The number of furan rings is 1. The molecule has 0 bridgehead atoms. The van der Waals surface area contributed by atoms with Gasteiger partial charge in [0.1, 0.15) is 23.9 Å². The number of rotatable bonds is 5. The zero-order chi connectivity index (χ0) is 21.4. The number of ketones is 1. The highest BCUT2D eigenvalue weighted by molar-refractivity contribution is 6.09. The molecule has 0 radical (unpaired) electrons. The molecule has 1 atom stereocenters. The maximum absolute atomic E-state index is 12.6. The summed E-state index contributed by atoms with van der Waals surface area (Å²) in [4.78, 5) is 24.8. The first-order valence-electron chi connectivity index (χ1n) is 10.2. The van der Waals surface area contributed by atoms with Gasteiger partial charge in [0.25, 0.3) is 5.91 Å². The average Bonchev–Trinajstić information content (AvgIpc) is 3.42. The molecule has 1 amide bonds. The van der Waals surface area contributed by atoms with Crippen LogP contribution >= 0.6 is 0 Å². The van der Waals surface area contributed by atoms with E-state index in [4.69, 9.17) is 13.9 Å². The summed E-state index contributed by atoms with van der Waals surface area (Å²) >= 11 is 0. The van der Waals surface area contributed by atoms with Crippen molar-refractivity contribution in [1.29, 1.82) is 0 Å². The van der Waals surface area contributed by atoms with E-state index >= 15 is 0 Å². The first kappa shape index (κ1) is 19.3. The standard InChI is InChI=1S/C23H21N3O5/c1-29-21-8-6-17(25-26-21)13-5-7-19-14(9-13)10-15(31-19)11-24-23(28)16-12-30-20-4-2-3-18(27)22(16)20/h5-9,12,15H,2-4,10-11H2,1H3,(H,24,28). The zero-order valence-corrected chi connectivity index (χ0v) is 17.0. The number of aromatic nitrogens is 2. The highest BCUT2D eigenvalue weighted by atomic mass is 16.5. The van der Waals surface area contributed by atoms with E-state index in [1.165, 1.54) is 6.26 Å². The molecule has 1 aromatic carbocycles. The minimum atomic E-state index is -0.311. The molecule has 3 heterocycles. The van der Waals surface area contributed by atoms with Crippen LogP contribution in [0.5, 0.6) is 11.6 Å². The lowest BCUT2D eigenvalue weighted by Crippen LogP contribution is -2.35. The number of carbonyl (C=O) groups excluding carboxylic acids is 2. The number of hydrogen-bond donors (Lipinski definition) is 1. The number of ether oxygens (including phenoxy) is 2. The Kier molecular flexibility index (Phi) is 4.89. The van der Waals surface area contributed by atoms with Crippen LogP contribution in [0.3, 0.4) is 0 Å². The molecule has 158 valence electrons. The molecule has 1 unspecified atom stereocenters. The molecule has 5 rings (SSSR count). The first-order valence-corrected chi connectivity index (χ1v) is 10.2. The largest absolute Gasteiger partial charge is 0.488 e. The molecule has 1 aliphatic heterocycles. The molecular weight excluding hydrogens is 398 g/mol. The number of amides is 1. The lowest BCUT2D eigenvalue weighted by Gasteiger charge is -2.13. The van der Waals surface area contributed by atoms with E-state index in [1.807, 2.05) is 24.3 Å². The third-order valence-electron chi connectivity index (χ3n) is 5.64. The van der Waals surface area contributed by atoms with Crippen LogP contribution in [-0.2, 0) is 12.8 Å². The van der Waals surface area contributed by atoms with Crippen LogP contribution in [0, 0.1) is 0 Å². The minimum Gasteiger partial charge on any atom is -0.488 e. The molecule has 8 heteroatoms. The van der Waals surface area contributed by atoms with Gasteiger partial charge in [0.05, 0.1) is 30.5 Å². The highest BCUT2D eigenvalue weighted by Gasteiger charge is 2.29. The molecule has 0 spiro atoms. The summed E-state index contributed by atoms with van der Waals surface area (Å²) in [5.74, 6) is 1.53. The van der Waals surface area contributed by atoms with Gasteiger partial charge in [-0.05, 0) is 36.2 Å². The Labute approximate surface area is 178 Å². The van der Waals surface area contributed by atoms with Crippen molar-refractivity contribution < 1.29 is 23.5 Å². The zero-order valence-electron chi connectivity index (χ0n) is 17.0. The van der Waals surface area contributed by atoms with Crippen molar-refractivity contribution >= 4 is 11.7 Å². The predicted molar refractivity (Wildman–Crippen MR) is 110 cm³/mol. The van der Waals surface area contributed by atoms with E-state index < -0.39 is 0 Å². The Balaban J connectivity index is 1.24. The van der Waals surface area contributed by atoms with Crippen LogP contribution in [0.15, 0.2) is 41.0 Å². The molecule has 31 heavy (non-hydrogen) atoms. The SMILES string of the molecule is COc1ccc(-c2ccc3c(c2)CC(CNC(=O)c2coc4c2C(=O)CCC4)O3)nn1. The van der Waals surface area contributed by atoms with Crippen LogP contribution in [0.4, 0.5) is 0 Å². The van der Waals surface area contributed by atoms with Crippen LogP contribution in [0.1, 0.15) is 44.9 Å². The Bertz CT molecular complexity index is 1150. The summed E-state index contributed by atoms with van der Waals surface area (Å²) in [5.41, 5.74) is 3.48. The molecule has 3 aromatic rings. The molecule has 2 aliphatic rings. The van der Waals surface area contributed by atoms with Gasteiger partial charge in [-0.25, -0.2) is 0 Å². The van der Waals surface area contributed by atoms with Crippen molar-refractivity contribution in [2.45, 2.75) is 31.8 Å². The fourth-order valence-corrected chi connectivity index (χ4v) is 4.07. The van der Waals surface area contributed by atoms with E-state index in [2.05, 4.69) is 15.5 Å². The average molecular weight is 419 g/mol. The van der Waals surface area contributed by atoms with Crippen molar-refractivity contribution in [1.82, 2.24) is 15.5 Å². The molecule has 0 fully saturated rings. The molecule has 1 aliphatic carbocycles. The Morgan fingerprint density at radius 1 is 1.23 bits per heavy atom. The van der Waals surface area contributed by atoms with E-state index in [0.717, 1.165) is 29.0 Å². The maximum Gasteiger partial charge on any atom is 0.255 e. The molecule has 8 nitrogen and oxygen atoms in total. The second kappa shape index (κ2) is 7.86. The van der Waals surface area contributed by atoms with Gasteiger partial charge in [-0.1, -0.05) is 0 Å². The van der Waals surface area contributed by atoms with Gasteiger partial charge in [0, 0.05) is 30.9 Å². The van der Waals surface area contributed by atoms with Crippen molar-refractivity contribution in [2.24, 2.45) is 0 Å². The van der Waals surface area contributed by atoms with Crippen LogP contribution < -0.4 is 14.8 Å². The van der Waals surface area contributed by atoms with Gasteiger partial charge in [-0.2, -0.15) is 0 Å². The molecule has 2 aromatic heterocycles. The maximum atomic E-state index is 12.6. The lowest BCUT2D eigenvalue weighted by molar-refractivity contribution is 0.0914. The number of aryl methyl sites for hydroxylation is 1. The number of fused-ring (bicyclic) bond motifs is 2. The van der Waals surface area contributed by atoms with E-state index in [-0.39, 0.29) is 17.8 Å². The normalized spacial score (nSPS) is 16.9. The lowest BCUT2D eigenvalue weighted by atomic mass is 9.94. The van der Waals surface area contributed by atoms with Crippen molar-refractivity contribution in [3.8, 4) is 22.9 Å². The van der Waals surface area contributed by atoms with Crippen molar-refractivity contribution in [3.05, 3.63) is 59.0 Å². The van der Waals surface area contributed by atoms with Crippen LogP contribution in [0.2, 0.25) is 0 Å². The van der Waals surface area contributed by atoms with Crippen molar-refractivity contribution in [3.63, 3.8) is 0 Å². The van der Waals surface area contributed by atoms with Gasteiger partial charge in [0.2, 0.25) is 5.88 Å². The molecule has 0 saturated carbocycles. The molecule has 0 saturated heterocycles. The summed E-state index contributed by atoms with van der Waals surface area (Å²) in [6.07, 6.45) is 3.77. The summed E-state index contributed by atoms with van der Waals surface area (Å²) < 4.78 is 16.5. The highest BCUT2D eigenvalue weighted by Crippen LogP contribution is 2.32. The van der Waals surface area contributed by atoms with Gasteiger partial charge in [-0.15, -0.1) is 10.2 Å². The second-order valence-electron chi connectivity index (χ2n) is 7.66. The van der Waals surface area contributed by atoms with Crippen LogP contribution in [0.25, 0.3) is 11.3 Å². The number of nitrogens with one attached hydrogen (secondary N) is 1. The van der Waals surface area contributed by atoms with E-state index in [1.54, 1.807) is 13.2 Å². The summed E-state index contributed by atoms with van der Waals surface area (Å²) in [6.45, 7) is 0.333. The van der Waals surface area contributed by atoms with Crippen LogP contribution in [-0.4, -0.2) is 41.6 Å². The fraction of sp³-hybridized carbons (Fsp3) is 0.304. The van der Waals surface area contributed by atoms with E-state index in [9.17, 15) is 9.59 Å². The summed E-state index contributed by atoms with van der Waals surface area (Å²) in [7, 11) is 1.55. The quantitative estimate of drug-likeness (QED) is 0.678. The Morgan fingerprint density at radius 2 is 2.13 bits per heavy atom. The smallest absolute Gasteiger partial charge is 0.255 e. The topological polar surface area (TPSA) is 104 Å². The number of benzene rings is 1. The first-order chi connectivity index (χ1) is 15.1. The van der Waals surface area contributed by atoms with E-state index in [0.29, 0.717) is 48.6 Å². The second-order valence-corrected chi connectivity index (χ2v) is 7.66. The van der Waals surface area contributed by atoms with Crippen molar-refractivity contribution in [2.75, 3.05) is 13.7 Å². The Morgan fingerprint density at radius 3 is 2.94 bits per heavy atom. The van der Waals surface area contributed by atoms with Gasteiger partial charge >= 0.3 is 0 Å². The third-order valence-corrected chi connectivity index (χ3v) is 5.64. The van der Waals surface area contributed by atoms with Gasteiger partial charge in [-0.3, -0.25) is 9.59 Å². The molecule has 1 N–H and O–H groups in total. The summed E-state index contributed by atoms with van der Waals surface area (Å²) in [6, 6.07) is 9.49. The van der Waals surface area contributed by atoms with Gasteiger partial charge in [0.15, 0.2) is 5.78 Å². The number of methoxy groups -OCH3 is 1. The third kappa shape index (κ3) is 3.65. The number of hydrogen-bond acceptors (Lipinski definition) is 7. The minimum absolute atomic E-state index is 0.0289. The number of nitrogens with zero attached hydrogens (tertiary/aromatic N) is 2.